The minimum absolute atomic E-state index is 0.227. The van der Waals surface area contributed by atoms with E-state index < -0.39 is 17.2 Å². The maximum Gasteiger partial charge on any atom is 0.310 e. The van der Waals surface area contributed by atoms with Gasteiger partial charge in [-0.05, 0) is 26.0 Å². The van der Waals surface area contributed by atoms with Crippen LogP contribution in [0, 0.1) is 11.2 Å². The maximum atomic E-state index is 12.9. The van der Waals surface area contributed by atoms with Crippen LogP contribution in [0.3, 0.4) is 0 Å². The molecule has 0 aliphatic carbocycles. The SMILES string of the molecule is COc1cc(F)ccc1NCC(C)(C)C(=O)O. The van der Waals surface area contributed by atoms with Gasteiger partial charge in [0.1, 0.15) is 11.6 Å². The maximum absolute atomic E-state index is 12.9. The summed E-state index contributed by atoms with van der Waals surface area (Å²) in [6, 6.07) is 4.06. The molecule has 0 aliphatic heterocycles. The number of aliphatic carboxylic acids is 1. The Hall–Kier alpha value is -1.78. The van der Waals surface area contributed by atoms with Crippen LogP contribution in [0.1, 0.15) is 13.8 Å². The van der Waals surface area contributed by atoms with Crippen molar-refractivity contribution < 1.29 is 19.0 Å². The van der Waals surface area contributed by atoms with Crippen molar-refractivity contribution in [2.75, 3.05) is 19.0 Å². The lowest BCUT2D eigenvalue weighted by molar-refractivity contribution is -0.146. The summed E-state index contributed by atoms with van der Waals surface area (Å²) in [6.07, 6.45) is 0. The quantitative estimate of drug-likeness (QED) is 0.830. The van der Waals surface area contributed by atoms with Crippen LogP contribution in [-0.4, -0.2) is 24.7 Å². The third kappa shape index (κ3) is 3.34. The summed E-state index contributed by atoms with van der Waals surface area (Å²) in [6.45, 7) is 3.45. The molecule has 94 valence electrons. The van der Waals surface area contributed by atoms with Gasteiger partial charge in [-0.25, -0.2) is 4.39 Å². The van der Waals surface area contributed by atoms with E-state index in [0.717, 1.165) is 0 Å². The molecule has 0 heterocycles. The van der Waals surface area contributed by atoms with Gasteiger partial charge in [-0.15, -0.1) is 0 Å². The summed E-state index contributed by atoms with van der Waals surface area (Å²) in [5.74, 6) is -0.942. The molecule has 0 aliphatic rings. The first-order valence-corrected chi connectivity index (χ1v) is 5.17. The number of rotatable bonds is 5. The fourth-order valence-electron chi connectivity index (χ4n) is 1.20. The molecular formula is C12H16FNO3. The molecule has 1 rings (SSSR count). The fraction of sp³-hybridized carbons (Fsp3) is 0.417. The Morgan fingerprint density at radius 3 is 2.71 bits per heavy atom. The van der Waals surface area contributed by atoms with Crippen LogP contribution < -0.4 is 10.1 Å². The molecule has 4 nitrogen and oxygen atoms in total. The third-order valence-corrected chi connectivity index (χ3v) is 2.46. The molecule has 1 aromatic carbocycles. The molecule has 5 heteroatoms. The molecule has 0 aromatic heterocycles. The molecule has 0 atom stereocenters. The predicted molar refractivity (Wildman–Crippen MR) is 62.9 cm³/mol. The second-order valence-electron chi connectivity index (χ2n) is 4.39. The average Bonchev–Trinajstić information content (AvgIpc) is 2.27. The molecular weight excluding hydrogens is 225 g/mol. The van der Waals surface area contributed by atoms with Gasteiger partial charge in [0.25, 0.3) is 0 Å². The lowest BCUT2D eigenvalue weighted by Gasteiger charge is -2.21. The molecule has 0 radical (unpaired) electrons. The molecule has 2 N–H and O–H groups in total. The molecule has 17 heavy (non-hydrogen) atoms. The van der Waals surface area contributed by atoms with E-state index in [1.54, 1.807) is 13.8 Å². The van der Waals surface area contributed by atoms with Gasteiger partial charge in [-0.2, -0.15) is 0 Å². The van der Waals surface area contributed by atoms with Crippen molar-refractivity contribution >= 4 is 11.7 Å². The van der Waals surface area contributed by atoms with E-state index in [2.05, 4.69) is 5.32 Å². The smallest absolute Gasteiger partial charge is 0.310 e. The summed E-state index contributed by atoms with van der Waals surface area (Å²) < 4.78 is 17.9. The molecule has 1 aromatic rings. The largest absolute Gasteiger partial charge is 0.494 e. The van der Waals surface area contributed by atoms with Gasteiger partial charge < -0.3 is 15.2 Å². The van der Waals surface area contributed by atoms with Crippen molar-refractivity contribution in [3.63, 3.8) is 0 Å². The number of carboxylic acids is 1. The van der Waals surface area contributed by atoms with Gasteiger partial charge in [0.15, 0.2) is 0 Å². The zero-order valence-corrected chi connectivity index (χ0v) is 10.1. The highest BCUT2D eigenvalue weighted by Crippen LogP contribution is 2.26. The average molecular weight is 241 g/mol. The van der Waals surface area contributed by atoms with Gasteiger partial charge >= 0.3 is 5.97 Å². The van der Waals surface area contributed by atoms with Crippen molar-refractivity contribution in [2.24, 2.45) is 5.41 Å². The predicted octanol–water partition coefficient (Wildman–Crippen LogP) is 2.36. The lowest BCUT2D eigenvalue weighted by atomic mass is 9.94. The minimum Gasteiger partial charge on any atom is -0.494 e. The first kappa shape index (κ1) is 13.3. The van der Waals surface area contributed by atoms with E-state index in [1.807, 2.05) is 0 Å². The molecule has 0 saturated carbocycles. The van der Waals surface area contributed by atoms with E-state index in [9.17, 15) is 9.18 Å². The van der Waals surface area contributed by atoms with Gasteiger partial charge in [-0.1, -0.05) is 0 Å². The van der Waals surface area contributed by atoms with Crippen molar-refractivity contribution in [3.8, 4) is 5.75 Å². The summed E-state index contributed by atoms with van der Waals surface area (Å²) in [5.41, 5.74) is -0.331. The standard InChI is InChI=1S/C12H16FNO3/c1-12(2,11(15)16)7-14-9-5-4-8(13)6-10(9)17-3/h4-6,14H,7H2,1-3H3,(H,15,16). The monoisotopic (exact) mass is 241 g/mol. The Morgan fingerprint density at radius 1 is 1.53 bits per heavy atom. The zero-order chi connectivity index (χ0) is 13.1. The number of methoxy groups -OCH3 is 1. The Morgan fingerprint density at radius 2 is 2.18 bits per heavy atom. The van der Waals surface area contributed by atoms with Gasteiger partial charge in [0, 0.05) is 12.6 Å². The van der Waals surface area contributed by atoms with Crippen molar-refractivity contribution in [1.29, 1.82) is 0 Å². The number of carbonyl (C=O) groups is 1. The molecule has 0 amide bonds. The Labute approximate surface area is 99.4 Å². The molecule has 0 bridgehead atoms. The summed E-state index contributed by atoms with van der Waals surface area (Å²) in [7, 11) is 1.43. The van der Waals surface area contributed by atoms with E-state index in [4.69, 9.17) is 9.84 Å². The van der Waals surface area contributed by atoms with E-state index in [-0.39, 0.29) is 6.54 Å². The number of carboxylic acid groups (broad SMARTS) is 1. The summed E-state index contributed by atoms with van der Waals surface area (Å²) >= 11 is 0. The van der Waals surface area contributed by atoms with E-state index in [0.29, 0.717) is 11.4 Å². The zero-order valence-electron chi connectivity index (χ0n) is 10.1. The van der Waals surface area contributed by atoms with Crippen LogP contribution in [0.4, 0.5) is 10.1 Å². The fourth-order valence-corrected chi connectivity index (χ4v) is 1.20. The highest BCUT2D eigenvalue weighted by molar-refractivity contribution is 5.74. The number of ether oxygens (including phenoxy) is 1. The van der Waals surface area contributed by atoms with E-state index in [1.165, 1.54) is 25.3 Å². The van der Waals surface area contributed by atoms with Crippen molar-refractivity contribution in [3.05, 3.63) is 24.0 Å². The molecule has 0 spiro atoms. The second kappa shape index (κ2) is 5.03. The number of benzene rings is 1. The van der Waals surface area contributed by atoms with Gasteiger partial charge in [0.2, 0.25) is 0 Å². The van der Waals surface area contributed by atoms with Crippen LogP contribution >= 0.6 is 0 Å². The highest BCUT2D eigenvalue weighted by atomic mass is 19.1. The lowest BCUT2D eigenvalue weighted by Crippen LogP contribution is -2.31. The number of anilines is 1. The molecule has 0 saturated heterocycles. The summed E-state index contributed by atoms with van der Waals surface area (Å²) in [4.78, 5) is 10.9. The van der Waals surface area contributed by atoms with Crippen LogP contribution in [0.25, 0.3) is 0 Å². The number of hydrogen-bond acceptors (Lipinski definition) is 3. The Kier molecular flexibility index (Phi) is 3.93. The summed E-state index contributed by atoms with van der Waals surface area (Å²) in [5, 5.41) is 11.9. The van der Waals surface area contributed by atoms with E-state index >= 15 is 0 Å². The third-order valence-electron chi connectivity index (χ3n) is 2.46. The van der Waals surface area contributed by atoms with Crippen LogP contribution in [0.5, 0.6) is 5.75 Å². The number of halogens is 1. The normalized spacial score (nSPS) is 11.1. The number of hydrogen-bond donors (Lipinski definition) is 2. The van der Waals surface area contributed by atoms with Crippen molar-refractivity contribution in [2.45, 2.75) is 13.8 Å². The van der Waals surface area contributed by atoms with Gasteiger partial charge in [0.05, 0.1) is 18.2 Å². The first-order chi connectivity index (χ1) is 7.86. The van der Waals surface area contributed by atoms with Crippen LogP contribution in [-0.2, 0) is 4.79 Å². The van der Waals surface area contributed by atoms with Gasteiger partial charge in [-0.3, -0.25) is 4.79 Å². The topological polar surface area (TPSA) is 58.6 Å². The highest BCUT2D eigenvalue weighted by Gasteiger charge is 2.27. The Bertz CT molecular complexity index is 418. The molecule has 0 fully saturated rings. The molecule has 0 unspecified atom stereocenters. The second-order valence-corrected chi connectivity index (χ2v) is 4.39. The number of nitrogens with one attached hydrogen (secondary N) is 1. The minimum atomic E-state index is -0.903. The van der Waals surface area contributed by atoms with Crippen LogP contribution in [0.15, 0.2) is 18.2 Å². The first-order valence-electron chi connectivity index (χ1n) is 5.17. The van der Waals surface area contributed by atoms with Crippen molar-refractivity contribution in [1.82, 2.24) is 0 Å². The van der Waals surface area contributed by atoms with Crippen LogP contribution in [0.2, 0.25) is 0 Å². The Balaban J connectivity index is 2.79.